The van der Waals surface area contributed by atoms with E-state index in [0.29, 0.717) is 12.1 Å². The second-order valence-corrected chi connectivity index (χ2v) is 7.90. The van der Waals surface area contributed by atoms with Gasteiger partial charge in [-0.25, -0.2) is 0 Å². The zero-order chi connectivity index (χ0) is 22.4. The summed E-state index contributed by atoms with van der Waals surface area (Å²) in [7, 11) is 1.79. The topological polar surface area (TPSA) is 61.4 Å². The molecule has 0 aliphatic heterocycles. The molecule has 160 valence electrons. The number of rotatable bonds is 7. The van der Waals surface area contributed by atoms with E-state index in [9.17, 15) is 9.59 Å². The third-order valence-electron chi connectivity index (χ3n) is 5.11. The molecule has 3 rings (SSSR count). The molecule has 0 aromatic heterocycles. The van der Waals surface area contributed by atoms with E-state index in [1.165, 1.54) is 5.56 Å². The van der Waals surface area contributed by atoms with E-state index in [2.05, 4.69) is 22.8 Å². The minimum atomic E-state index is -0.132. The Morgan fingerprint density at radius 3 is 2.23 bits per heavy atom. The van der Waals surface area contributed by atoms with Crippen molar-refractivity contribution in [3.8, 4) is 0 Å². The molecule has 0 atom stereocenters. The fraction of sp³-hybridized carbons (Fsp3) is 0.231. The molecule has 0 spiro atoms. The Labute approximate surface area is 184 Å². The molecular formula is C26H29N3O2. The van der Waals surface area contributed by atoms with Crippen LogP contribution in [0.2, 0.25) is 0 Å². The average molecular weight is 416 g/mol. The summed E-state index contributed by atoms with van der Waals surface area (Å²) in [5.41, 5.74) is 6.49. The zero-order valence-electron chi connectivity index (χ0n) is 18.5. The summed E-state index contributed by atoms with van der Waals surface area (Å²) in [6.07, 6.45) is 0. The number of aryl methyl sites for hydroxylation is 3. The van der Waals surface area contributed by atoms with Crippen molar-refractivity contribution in [2.45, 2.75) is 27.3 Å². The predicted molar refractivity (Wildman–Crippen MR) is 126 cm³/mol. The first kappa shape index (κ1) is 22.1. The third-order valence-corrected chi connectivity index (χ3v) is 5.11. The van der Waals surface area contributed by atoms with Gasteiger partial charge in [0.2, 0.25) is 5.91 Å². The highest BCUT2D eigenvalue weighted by atomic mass is 16.2. The molecular weight excluding hydrogens is 386 g/mol. The Hall–Kier alpha value is -3.60. The monoisotopic (exact) mass is 415 g/mol. The summed E-state index contributed by atoms with van der Waals surface area (Å²) in [4.78, 5) is 26.9. The number of nitrogens with zero attached hydrogens (tertiary/aromatic N) is 1. The Morgan fingerprint density at radius 2 is 1.55 bits per heavy atom. The fourth-order valence-corrected chi connectivity index (χ4v) is 3.65. The molecule has 0 saturated carbocycles. The van der Waals surface area contributed by atoms with Crippen molar-refractivity contribution in [2.75, 3.05) is 24.2 Å². The van der Waals surface area contributed by atoms with Crippen LogP contribution in [0.4, 0.5) is 11.4 Å². The van der Waals surface area contributed by atoms with E-state index in [1.54, 1.807) is 24.1 Å². The highest BCUT2D eigenvalue weighted by Crippen LogP contribution is 2.22. The fourth-order valence-electron chi connectivity index (χ4n) is 3.65. The lowest BCUT2D eigenvalue weighted by atomic mass is 10.1. The van der Waals surface area contributed by atoms with Crippen molar-refractivity contribution in [1.29, 1.82) is 0 Å². The van der Waals surface area contributed by atoms with Gasteiger partial charge in [-0.3, -0.25) is 9.59 Å². The molecule has 3 aromatic carbocycles. The van der Waals surface area contributed by atoms with Gasteiger partial charge in [-0.15, -0.1) is 0 Å². The Kier molecular flexibility index (Phi) is 7.08. The van der Waals surface area contributed by atoms with Gasteiger partial charge >= 0.3 is 0 Å². The van der Waals surface area contributed by atoms with Crippen LogP contribution < -0.4 is 10.6 Å². The van der Waals surface area contributed by atoms with Gasteiger partial charge in [-0.05, 0) is 55.7 Å². The van der Waals surface area contributed by atoms with Gasteiger partial charge in [-0.1, -0.05) is 54.1 Å². The minimum Gasteiger partial charge on any atom is -0.376 e. The maximum atomic E-state index is 12.8. The maximum absolute atomic E-state index is 12.8. The number of nitrogens with one attached hydrogen (secondary N) is 2. The van der Waals surface area contributed by atoms with Crippen LogP contribution in [-0.2, 0) is 11.3 Å². The summed E-state index contributed by atoms with van der Waals surface area (Å²) in [5, 5.41) is 6.10. The highest BCUT2D eigenvalue weighted by molar-refractivity contribution is 5.96. The lowest BCUT2D eigenvalue weighted by Gasteiger charge is -2.18. The molecule has 0 unspecified atom stereocenters. The number of amides is 2. The van der Waals surface area contributed by atoms with Gasteiger partial charge < -0.3 is 15.5 Å². The van der Waals surface area contributed by atoms with Gasteiger partial charge in [0.05, 0.1) is 6.54 Å². The molecule has 2 amide bonds. The summed E-state index contributed by atoms with van der Waals surface area (Å²) in [6.45, 7) is 6.67. The van der Waals surface area contributed by atoms with Gasteiger partial charge in [0.25, 0.3) is 5.91 Å². The molecule has 0 heterocycles. The van der Waals surface area contributed by atoms with Crippen molar-refractivity contribution in [3.05, 3.63) is 94.5 Å². The molecule has 3 aromatic rings. The van der Waals surface area contributed by atoms with E-state index in [0.717, 1.165) is 28.1 Å². The van der Waals surface area contributed by atoms with E-state index in [4.69, 9.17) is 0 Å². The van der Waals surface area contributed by atoms with E-state index < -0.39 is 0 Å². The number of anilines is 2. The first-order chi connectivity index (χ1) is 14.8. The highest BCUT2D eigenvalue weighted by Gasteiger charge is 2.13. The number of carbonyl (C=O) groups is 2. The van der Waals surface area contributed by atoms with Crippen LogP contribution in [0.3, 0.4) is 0 Å². The van der Waals surface area contributed by atoms with Crippen LogP contribution in [0, 0.1) is 20.8 Å². The van der Waals surface area contributed by atoms with Crippen molar-refractivity contribution < 1.29 is 9.59 Å². The van der Waals surface area contributed by atoms with Gasteiger partial charge in [-0.2, -0.15) is 0 Å². The maximum Gasteiger partial charge on any atom is 0.253 e. The van der Waals surface area contributed by atoms with Crippen LogP contribution >= 0.6 is 0 Å². The smallest absolute Gasteiger partial charge is 0.253 e. The minimum absolute atomic E-state index is 0.0668. The molecule has 0 saturated heterocycles. The summed E-state index contributed by atoms with van der Waals surface area (Å²) in [6, 6.07) is 21.2. The van der Waals surface area contributed by atoms with E-state index >= 15 is 0 Å². The van der Waals surface area contributed by atoms with E-state index in [1.807, 2.05) is 63.2 Å². The molecule has 0 radical (unpaired) electrons. The average Bonchev–Trinajstić information content (AvgIpc) is 2.75. The molecule has 0 aliphatic carbocycles. The van der Waals surface area contributed by atoms with Crippen molar-refractivity contribution in [1.82, 2.24) is 4.90 Å². The first-order valence-corrected chi connectivity index (χ1v) is 10.3. The van der Waals surface area contributed by atoms with Crippen molar-refractivity contribution in [3.63, 3.8) is 0 Å². The number of benzene rings is 3. The number of hydrogen-bond acceptors (Lipinski definition) is 3. The largest absolute Gasteiger partial charge is 0.376 e. The number of hydrogen-bond donors (Lipinski definition) is 2. The van der Waals surface area contributed by atoms with Gasteiger partial charge in [0.15, 0.2) is 0 Å². The third kappa shape index (κ3) is 5.95. The normalized spacial score (nSPS) is 10.5. The van der Waals surface area contributed by atoms with Crippen LogP contribution in [0.5, 0.6) is 0 Å². The molecule has 0 aliphatic rings. The van der Waals surface area contributed by atoms with Crippen LogP contribution in [0.1, 0.15) is 32.6 Å². The lowest BCUT2D eigenvalue weighted by Crippen LogP contribution is -2.26. The number of carbonyl (C=O) groups excluding carboxylic acids is 2. The molecule has 31 heavy (non-hydrogen) atoms. The molecule has 0 fully saturated rings. The van der Waals surface area contributed by atoms with Gasteiger partial charge in [0, 0.05) is 30.5 Å². The molecule has 5 nitrogen and oxygen atoms in total. The predicted octanol–water partition coefficient (Wildman–Crippen LogP) is 4.93. The Balaban J connectivity index is 1.60. The van der Waals surface area contributed by atoms with E-state index in [-0.39, 0.29) is 18.4 Å². The second-order valence-electron chi connectivity index (χ2n) is 7.90. The standard InChI is InChI=1S/C26H29N3O2/c1-18-13-19(2)25(20(3)14-18)28-24(30)16-27-23-12-8-11-22(15-23)26(31)29(4)17-21-9-6-5-7-10-21/h5-15,27H,16-17H2,1-4H3,(H,28,30). The quantitative estimate of drug-likeness (QED) is 0.575. The zero-order valence-corrected chi connectivity index (χ0v) is 18.5. The van der Waals surface area contributed by atoms with Crippen molar-refractivity contribution in [2.24, 2.45) is 0 Å². The van der Waals surface area contributed by atoms with Crippen LogP contribution in [0.15, 0.2) is 66.7 Å². The SMILES string of the molecule is Cc1cc(C)c(NC(=O)CNc2cccc(C(=O)N(C)Cc3ccccc3)c2)c(C)c1. The first-order valence-electron chi connectivity index (χ1n) is 10.3. The summed E-state index contributed by atoms with van der Waals surface area (Å²) < 4.78 is 0. The van der Waals surface area contributed by atoms with Crippen LogP contribution in [0.25, 0.3) is 0 Å². The molecule has 5 heteroatoms. The summed E-state index contributed by atoms with van der Waals surface area (Å²) >= 11 is 0. The van der Waals surface area contributed by atoms with Crippen molar-refractivity contribution >= 4 is 23.2 Å². The Bertz CT molecular complexity index is 1050. The molecule has 2 N–H and O–H groups in total. The second kappa shape index (κ2) is 9.94. The molecule has 0 bridgehead atoms. The van der Waals surface area contributed by atoms with Gasteiger partial charge in [0.1, 0.15) is 0 Å². The summed E-state index contributed by atoms with van der Waals surface area (Å²) in [5.74, 6) is -0.198. The van der Waals surface area contributed by atoms with Crippen LogP contribution in [-0.4, -0.2) is 30.3 Å². The lowest BCUT2D eigenvalue weighted by molar-refractivity contribution is -0.114. The Morgan fingerprint density at radius 1 is 0.871 bits per heavy atom.